The summed E-state index contributed by atoms with van der Waals surface area (Å²) in [5.74, 6) is 1.29. The number of carbonyl (C=O) groups is 2. The largest absolute Gasteiger partial charge is 0.455 e. The second-order valence-electron chi connectivity index (χ2n) is 4.07. The first-order chi connectivity index (χ1) is 9.54. The van der Waals surface area contributed by atoms with Gasteiger partial charge in [-0.25, -0.2) is 0 Å². The molecule has 0 amide bonds. The van der Waals surface area contributed by atoms with Crippen LogP contribution in [0.2, 0.25) is 0 Å². The third-order valence-electron chi connectivity index (χ3n) is 2.78. The molecule has 1 heterocycles. The van der Waals surface area contributed by atoms with Gasteiger partial charge in [0.05, 0.1) is 9.79 Å². The first kappa shape index (κ1) is 13.5. The van der Waals surface area contributed by atoms with Crippen molar-refractivity contribution in [3.05, 3.63) is 47.5 Å². The summed E-state index contributed by atoms with van der Waals surface area (Å²) in [7, 11) is 0. The number of hydrogen-bond acceptors (Lipinski definition) is 4. The summed E-state index contributed by atoms with van der Waals surface area (Å²) in [5.41, 5.74) is 0.795. The minimum absolute atomic E-state index is 0.398. The number of fused-ring (bicyclic) bond motifs is 2. The van der Waals surface area contributed by atoms with Crippen molar-refractivity contribution in [2.24, 2.45) is 0 Å². The molecule has 0 unspecified atom stereocenters. The molecule has 0 saturated carbocycles. The van der Waals surface area contributed by atoms with Gasteiger partial charge in [0.1, 0.15) is 11.5 Å². The van der Waals surface area contributed by atoms with Crippen LogP contribution < -0.4 is 4.74 Å². The van der Waals surface area contributed by atoms with Gasteiger partial charge in [0.25, 0.3) is 10.5 Å². The zero-order chi connectivity index (χ0) is 14.3. The van der Waals surface area contributed by atoms with Crippen molar-refractivity contribution in [2.45, 2.75) is 9.79 Å². The average Bonchev–Trinajstić information content (AvgIpc) is 2.43. The van der Waals surface area contributed by atoms with Crippen molar-refractivity contribution in [2.75, 3.05) is 0 Å². The van der Waals surface area contributed by atoms with E-state index in [1.807, 2.05) is 0 Å². The monoisotopic (exact) mass is 324 g/mol. The second kappa shape index (κ2) is 5.13. The minimum atomic E-state index is -0.524. The van der Waals surface area contributed by atoms with Crippen LogP contribution in [0.4, 0.5) is 0 Å². The van der Waals surface area contributed by atoms with Gasteiger partial charge in [-0.2, -0.15) is 0 Å². The van der Waals surface area contributed by atoms with Crippen LogP contribution in [0.5, 0.6) is 11.5 Å². The van der Waals surface area contributed by atoms with E-state index in [1.165, 1.54) is 11.8 Å². The number of hydrogen-bond donors (Lipinski definition) is 0. The number of rotatable bonds is 2. The SMILES string of the molecule is O=C(Cl)c1ccc2c(c1)Sc1cc(C(=O)Cl)ccc1O2. The number of benzene rings is 2. The Balaban J connectivity index is 2.03. The van der Waals surface area contributed by atoms with Gasteiger partial charge in [-0.15, -0.1) is 0 Å². The first-order valence-electron chi connectivity index (χ1n) is 5.58. The fourth-order valence-electron chi connectivity index (χ4n) is 1.83. The van der Waals surface area contributed by atoms with Gasteiger partial charge in [0.15, 0.2) is 0 Å². The van der Waals surface area contributed by atoms with Crippen LogP contribution >= 0.6 is 35.0 Å². The van der Waals surface area contributed by atoms with Gasteiger partial charge in [-0.05, 0) is 59.6 Å². The quantitative estimate of drug-likeness (QED) is 0.641. The van der Waals surface area contributed by atoms with Gasteiger partial charge < -0.3 is 4.74 Å². The molecule has 0 fully saturated rings. The Morgan fingerprint density at radius 1 is 0.850 bits per heavy atom. The predicted molar refractivity (Wildman–Crippen MR) is 77.4 cm³/mol. The van der Waals surface area contributed by atoms with Gasteiger partial charge in [0, 0.05) is 11.1 Å². The van der Waals surface area contributed by atoms with E-state index in [1.54, 1.807) is 36.4 Å². The molecule has 0 N–H and O–H groups in total. The van der Waals surface area contributed by atoms with E-state index in [9.17, 15) is 9.59 Å². The van der Waals surface area contributed by atoms with Crippen LogP contribution in [0.1, 0.15) is 20.7 Å². The van der Waals surface area contributed by atoms with E-state index in [2.05, 4.69) is 0 Å². The zero-order valence-electron chi connectivity index (χ0n) is 9.85. The lowest BCUT2D eigenvalue weighted by atomic mass is 10.2. The lowest BCUT2D eigenvalue weighted by Gasteiger charge is -2.20. The standard InChI is InChI=1S/C14H6Cl2O3S/c15-13(17)7-1-3-9-11(5-7)20-12-6-8(14(16)18)2-4-10(12)19-9/h1-6H. The fraction of sp³-hybridized carbons (Fsp3) is 0. The maximum Gasteiger partial charge on any atom is 0.252 e. The molecule has 20 heavy (non-hydrogen) atoms. The average molecular weight is 325 g/mol. The molecule has 0 radical (unpaired) electrons. The molecule has 6 heteroatoms. The highest BCUT2D eigenvalue weighted by Crippen LogP contribution is 2.47. The Morgan fingerprint density at radius 2 is 1.30 bits per heavy atom. The number of halogens is 2. The molecular weight excluding hydrogens is 319 g/mol. The third-order valence-corrected chi connectivity index (χ3v) is 4.30. The third kappa shape index (κ3) is 2.42. The maximum atomic E-state index is 11.2. The molecule has 0 bridgehead atoms. The highest BCUT2D eigenvalue weighted by Gasteiger charge is 2.20. The highest BCUT2D eigenvalue weighted by molar-refractivity contribution is 7.99. The summed E-state index contributed by atoms with van der Waals surface area (Å²) in [6, 6.07) is 9.93. The zero-order valence-corrected chi connectivity index (χ0v) is 12.2. The Bertz CT molecular complexity index is 682. The van der Waals surface area contributed by atoms with Crippen molar-refractivity contribution in [3.63, 3.8) is 0 Å². The van der Waals surface area contributed by atoms with Gasteiger partial charge >= 0.3 is 0 Å². The summed E-state index contributed by atoms with van der Waals surface area (Å²) < 4.78 is 5.72. The molecule has 0 aliphatic carbocycles. The Morgan fingerprint density at radius 3 is 1.70 bits per heavy atom. The van der Waals surface area contributed by atoms with Crippen molar-refractivity contribution in [1.82, 2.24) is 0 Å². The molecule has 2 aromatic carbocycles. The van der Waals surface area contributed by atoms with Crippen molar-refractivity contribution in [1.29, 1.82) is 0 Å². The van der Waals surface area contributed by atoms with Crippen LogP contribution in [0.3, 0.4) is 0 Å². The fourth-order valence-corrected chi connectivity index (χ4v) is 3.09. The van der Waals surface area contributed by atoms with Crippen LogP contribution in [0.15, 0.2) is 46.2 Å². The normalized spacial score (nSPS) is 12.1. The van der Waals surface area contributed by atoms with E-state index in [0.717, 1.165) is 9.79 Å². The summed E-state index contributed by atoms with van der Waals surface area (Å²) in [5, 5.41) is -1.05. The van der Waals surface area contributed by atoms with E-state index < -0.39 is 10.5 Å². The predicted octanol–water partition coefficient (Wildman–Crippen LogP) is 4.70. The maximum absolute atomic E-state index is 11.2. The smallest absolute Gasteiger partial charge is 0.252 e. The van der Waals surface area contributed by atoms with Gasteiger partial charge in [-0.1, -0.05) is 11.8 Å². The lowest BCUT2D eigenvalue weighted by Crippen LogP contribution is -1.99. The molecule has 1 aliphatic heterocycles. The van der Waals surface area contributed by atoms with Crippen LogP contribution in [-0.4, -0.2) is 10.5 Å². The van der Waals surface area contributed by atoms with E-state index in [4.69, 9.17) is 27.9 Å². The molecule has 0 aromatic heterocycles. The highest BCUT2D eigenvalue weighted by atomic mass is 35.5. The lowest BCUT2D eigenvalue weighted by molar-refractivity contribution is 0.107. The van der Waals surface area contributed by atoms with E-state index in [-0.39, 0.29) is 0 Å². The second-order valence-corrected chi connectivity index (χ2v) is 5.84. The van der Waals surface area contributed by atoms with Crippen LogP contribution in [0.25, 0.3) is 0 Å². The summed E-state index contributed by atoms with van der Waals surface area (Å²) in [6.45, 7) is 0. The Kier molecular flexibility index (Phi) is 3.46. The van der Waals surface area contributed by atoms with Gasteiger partial charge in [0.2, 0.25) is 0 Å². The van der Waals surface area contributed by atoms with Crippen LogP contribution in [-0.2, 0) is 0 Å². The molecule has 0 spiro atoms. The van der Waals surface area contributed by atoms with E-state index >= 15 is 0 Å². The Hall–Kier alpha value is -1.49. The van der Waals surface area contributed by atoms with Gasteiger partial charge in [-0.3, -0.25) is 9.59 Å². The minimum Gasteiger partial charge on any atom is -0.455 e. The molecule has 0 atom stereocenters. The van der Waals surface area contributed by atoms with Crippen molar-refractivity contribution >= 4 is 45.4 Å². The first-order valence-corrected chi connectivity index (χ1v) is 7.15. The molecule has 1 aliphatic rings. The van der Waals surface area contributed by atoms with E-state index in [0.29, 0.717) is 22.6 Å². The number of ether oxygens (including phenoxy) is 1. The van der Waals surface area contributed by atoms with Crippen molar-refractivity contribution < 1.29 is 14.3 Å². The molecule has 100 valence electrons. The molecule has 2 aromatic rings. The number of carbonyl (C=O) groups excluding carboxylic acids is 2. The Labute approximate surface area is 128 Å². The molecule has 3 rings (SSSR count). The topological polar surface area (TPSA) is 43.4 Å². The summed E-state index contributed by atoms with van der Waals surface area (Å²) in [4.78, 5) is 23.9. The summed E-state index contributed by atoms with van der Waals surface area (Å²) >= 11 is 12.3. The summed E-state index contributed by atoms with van der Waals surface area (Å²) in [6.07, 6.45) is 0. The molecular formula is C14H6Cl2O3S. The van der Waals surface area contributed by atoms with Crippen LogP contribution in [0, 0.1) is 0 Å². The van der Waals surface area contributed by atoms with Crippen molar-refractivity contribution in [3.8, 4) is 11.5 Å². The molecule has 0 saturated heterocycles. The molecule has 3 nitrogen and oxygen atoms in total.